The van der Waals surface area contributed by atoms with Crippen LogP contribution in [-0.4, -0.2) is 20.3 Å². The summed E-state index contributed by atoms with van der Waals surface area (Å²) in [5.41, 5.74) is 0. The van der Waals surface area contributed by atoms with Crippen molar-refractivity contribution in [3.05, 3.63) is 22.4 Å². The molecule has 1 aromatic carbocycles. The van der Waals surface area contributed by atoms with Crippen LogP contribution in [0.25, 0.3) is 0 Å². The molecule has 0 aliphatic heterocycles. The summed E-state index contributed by atoms with van der Waals surface area (Å²) in [5.74, 6) is -2.11. The van der Waals surface area contributed by atoms with Gasteiger partial charge in [0.2, 0.25) is 0 Å². The molecular formula is C9H7BrF4O3. The normalized spacial score (nSPS) is 11.4. The SMILES string of the molecule is COCOc1cc(F)c(OC(F)(F)F)c(Br)c1. The first kappa shape index (κ1) is 14.0. The standard InChI is InChI=1S/C9H7BrF4O3/c1-15-4-16-5-2-6(10)8(7(11)3-5)17-9(12,13)14/h2-3H,4H2,1H3. The van der Waals surface area contributed by atoms with E-state index in [0.717, 1.165) is 12.1 Å². The van der Waals surface area contributed by atoms with E-state index in [1.54, 1.807) is 0 Å². The molecule has 0 aliphatic carbocycles. The molecule has 0 atom stereocenters. The molecule has 0 spiro atoms. The van der Waals surface area contributed by atoms with Gasteiger partial charge in [0.05, 0.1) is 4.47 Å². The van der Waals surface area contributed by atoms with E-state index in [9.17, 15) is 17.6 Å². The van der Waals surface area contributed by atoms with Crippen LogP contribution in [0, 0.1) is 5.82 Å². The van der Waals surface area contributed by atoms with Gasteiger partial charge in [0.25, 0.3) is 0 Å². The number of hydrogen-bond donors (Lipinski definition) is 0. The fourth-order valence-electron chi connectivity index (χ4n) is 0.960. The summed E-state index contributed by atoms with van der Waals surface area (Å²) in [6.45, 7) is -0.147. The van der Waals surface area contributed by atoms with Crippen molar-refractivity contribution >= 4 is 15.9 Å². The molecule has 1 aromatic rings. The Balaban J connectivity index is 2.94. The molecule has 0 fully saturated rings. The van der Waals surface area contributed by atoms with Crippen LogP contribution in [0.2, 0.25) is 0 Å². The van der Waals surface area contributed by atoms with Gasteiger partial charge in [-0.25, -0.2) is 4.39 Å². The highest BCUT2D eigenvalue weighted by Crippen LogP contribution is 2.36. The Morgan fingerprint density at radius 3 is 2.41 bits per heavy atom. The largest absolute Gasteiger partial charge is 0.573 e. The first-order valence-electron chi connectivity index (χ1n) is 4.20. The molecule has 17 heavy (non-hydrogen) atoms. The Bertz CT molecular complexity index is 371. The zero-order valence-electron chi connectivity index (χ0n) is 8.48. The molecule has 8 heteroatoms. The summed E-state index contributed by atoms with van der Waals surface area (Å²) in [5, 5.41) is 0. The van der Waals surface area contributed by atoms with Crippen molar-refractivity contribution in [2.24, 2.45) is 0 Å². The number of ether oxygens (including phenoxy) is 3. The number of alkyl halides is 3. The van der Waals surface area contributed by atoms with Crippen molar-refractivity contribution in [3.63, 3.8) is 0 Å². The summed E-state index contributed by atoms with van der Waals surface area (Å²) in [4.78, 5) is 0. The minimum absolute atomic E-state index is 0.0192. The Morgan fingerprint density at radius 2 is 1.94 bits per heavy atom. The van der Waals surface area contributed by atoms with E-state index in [4.69, 9.17) is 4.74 Å². The molecule has 96 valence electrons. The lowest BCUT2D eigenvalue weighted by molar-refractivity contribution is -0.275. The third kappa shape index (κ3) is 4.39. The van der Waals surface area contributed by atoms with Crippen LogP contribution in [0.1, 0.15) is 0 Å². The van der Waals surface area contributed by atoms with Crippen LogP contribution >= 0.6 is 15.9 Å². The fourth-order valence-corrected chi connectivity index (χ4v) is 1.46. The molecule has 0 aromatic heterocycles. The van der Waals surface area contributed by atoms with Crippen molar-refractivity contribution in [1.82, 2.24) is 0 Å². The minimum atomic E-state index is -4.96. The average molecular weight is 319 g/mol. The van der Waals surface area contributed by atoms with Gasteiger partial charge in [-0.1, -0.05) is 0 Å². The Morgan fingerprint density at radius 1 is 1.29 bits per heavy atom. The Labute approximate surface area is 102 Å². The predicted molar refractivity (Wildman–Crippen MR) is 53.3 cm³/mol. The van der Waals surface area contributed by atoms with Gasteiger partial charge >= 0.3 is 6.36 Å². The first-order valence-corrected chi connectivity index (χ1v) is 4.99. The number of halogens is 5. The topological polar surface area (TPSA) is 27.7 Å². The second kappa shape index (κ2) is 5.54. The molecule has 0 amide bonds. The van der Waals surface area contributed by atoms with Gasteiger partial charge < -0.3 is 14.2 Å². The van der Waals surface area contributed by atoms with Crippen molar-refractivity contribution in [3.8, 4) is 11.5 Å². The van der Waals surface area contributed by atoms with E-state index < -0.39 is 17.9 Å². The summed E-state index contributed by atoms with van der Waals surface area (Å²) in [6, 6.07) is 1.91. The van der Waals surface area contributed by atoms with E-state index in [1.165, 1.54) is 7.11 Å². The van der Waals surface area contributed by atoms with E-state index >= 15 is 0 Å². The fraction of sp³-hybridized carbons (Fsp3) is 0.333. The average Bonchev–Trinajstić information content (AvgIpc) is 2.19. The maximum absolute atomic E-state index is 13.3. The highest BCUT2D eigenvalue weighted by Gasteiger charge is 2.33. The number of methoxy groups -OCH3 is 1. The molecule has 0 saturated heterocycles. The molecule has 0 saturated carbocycles. The first-order chi connectivity index (χ1) is 7.83. The van der Waals surface area contributed by atoms with E-state index in [1.807, 2.05) is 0 Å². The molecule has 0 bridgehead atoms. The third-order valence-corrected chi connectivity index (χ3v) is 2.12. The number of hydrogen-bond acceptors (Lipinski definition) is 3. The molecule has 0 unspecified atom stereocenters. The van der Waals surface area contributed by atoms with Crippen molar-refractivity contribution in [1.29, 1.82) is 0 Å². The van der Waals surface area contributed by atoms with E-state index in [0.29, 0.717) is 0 Å². The summed E-state index contributed by atoms with van der Waals surface area (Å²) in [6.07, 6.45) is -4.96. The Kier molecular flexibility index (Phi) is 4.58. The minimum Gasteiger partial charge on any atom is -0.467 e. The molecular weight excluding hydrogens is 312 g/mol. The van der Waals surface area contributed by atoms with Gasteiger partial charge in [0, 0.05) is 13.2 Å². The molecule has 3 nitrogen and oxygen atoms in total. The molecule has 1 rings (SSSR count). The second-order valence-electron chi connectivity index (χ2n) is 2.81. The quantitative estimate of drug-likeness (QED) is 0.628. The zero-order valence-corrected chi connectivity index (χ0v) is 10.1. The summed E-state index contributed by atoms with van der Waals surface area (Å²) in [7, 11) is 1.35. The van der Waals surface area contributed by atoms with Crippen LogP contribution in [-0.2, 0) is 4.74 Å². The Hall–Kier alpha value is -1.02. The lowest BCUT2D eigenvalue weighted by atomic mass is 10.3. The van der Waals surface area contributed by atoms with Crippen molar-refractivity contribution < 1.29 is 31.8 Å². The van der Waals surface area contributed by atoms with Crippen LogP contribution < -0.4 is 9.47 Å². The maximum atomic E-state index is 13.3. The van der Waals surface area contributed by atoms with Crippen LogP contribution in [0.15, 0.2) is 16.6 Å². The summed E-state index contributed by atoms with van der Waals surface area (Å²) >= 11 is 2.76. The number of rotatable bonds is 4. The maximum Gasteiger partial charge on any atom is 0.573 e. The van der Waals surface area contributed by atoms with Gasteiger partial charge in [-0.3, -0.25) is 0 Å². The summed E-state index contributed by atoms with van der Waals surface area (Å²) < 4.78 is 61.9. The third-order valence-electron chi connectivity index (χ3n) is 1.53. The zero-order chi connectivity index (χ0) is 13.1. The predicted octanol–water partition coefficient (Wildman–Crippen LogP) is 3.47. The molecule has 0 heterocycles. The van der Waals surface area contributed by atoms with E-state index in [-0.39, 0.29) is 17.0 Å². The van der Waals surface area contributed by atoms with Gasteiger partial charge in [-0.2, -0.15) is 0 Å². The van der Waals surface area contributed by atoms with Gasteiger partial charge in [-0.15, -0.1) is 13.2 Å². The van der Waals surface area contributed by atoms with Gasteiger partial charge in [0.1, 0.15) is 5.75 Å². The van der Waals surface area contributed by atoms with Gasteiger partial charge in [0.15, 0.2) is 18.4 Å². The van der Waals surface area contributed by atoms with Crippen LogP contribution in [0.5, 0.6) is 11.5 Å². The van der Waals surface area contributed by atoms with Crippen molar-refractivity contribution in [2.75, 3.05) is 13.9 Å². The number of benzene rings is 1. The van der Waals surface area contributed by atoms with Gasteiger partial charge in [-0.05, 0) is 22.0 Å². The van der Waals surface area contributed by atoms with E-state index in [2.05, 4.69) is 25.4 Å². The highest BCUT2D eigenvalue weighted by molar-refractivity contribution is 9.10. The highest BCUT2D eigenvalue weighted by atomic mass is 79.9. The molecule has 0 radical (unpaired) electrons. The smallest absolute Gasteiger partial charge is 0.467 e. The molecule has 0 N–H and O–H groups in total. The monoisotopic (exact) mass is 318 g/mol. The van der Waals surface area contributed by atoms with Crippen molar-refractivity contribution in [2.45, 2.75) is 6.36 Å². The van der Waals surface area contributed by atoms with Crippen LogP contribution in [0.3, 0.4) is 0 Å². The lowest BCUT2D eigenvalue weighted by Gasteiger charge is -2.13. The second-order valence-corrected chi connectivity index (χ2v) is 3.67. The lowest BCUT2D eigenvalue weighted by Crippen LogP contribution is -2.18. The van der Waals surface area contributed by atoms with Crippen LogP contribution in [0.4, 0.5) is 17.6 Å². The molecule has 0 aliphatic rings.